The van der Waals surface area contributed by atoms with Gasteiger partial charge in [-0.1, -0.05) is 24.3 Å². The van der Waals surface area contributed by atoms with Gasteiger partial charge in [-0.05, 0) is 24.0 Å². The maximum Gasteiger partial charge on any atom is 0.102 e. The third kappa shape index (κ3) is 1.73. The van der Waals surface area contributed by atoms with E-state index < -0.39 is 0 Å². The Morgan fingerprint density at radius 1 is 1.38 bits per heavy atom. The van der Waals surface area contributed by atoms with E-state index in [0.29, 0.717) is 12.6 Å². The second kappa shape index (κ2) is 3.88. The van der Waals surface area contributed by atoms with E-state index >= 15 is 0 Å². The molecule has 1 aromatic carbocycles. The van der Waals surface area contributed by atoms with Crippen LogP contribution in [-0.2, 0) is 6.42 Å². The Balaban J connectivity index is 2.09. The largest absolute Gasteiger partial charge is 0.307 e. The van der Waals surface area contributed by atoms with E-state index in [1.54, 1.807) is 0 Å². The molecule has 0 bridgehead atoms. The molecule has 0 heterocycles. The smallest absolute Gasteiger partial charge is 0.102 e. The fourth-order valence-corrected chi connectivity index (χ4v) is 2.00. The second-order valence-corrected chi connectivity index (χ2v) is 3.43. The van der Waals surface area contributed by atoms with Gasteiger partial charge in [0.2, 0.25) is 0 Å². The molecular formula is C11H14FN. The molecule has 1 atom stereocenters. The Morgan fingerprint density at radius 2 is 2.23 bits per heavy atom. The van der Waals surface area contributed by atoms with Gasteiger partial charge < -0.3 is 5.32 Å². The molecule has 2 rings (SSSR count). The molecule has 0 saturated carbocycles. The molecular weight excluding hydrogens is 165 g/mol. The van der Waals surface area contributed by atoms with Gasteiger partial charge >= 0.3 is 0 Å². The molecule has 0 spiro atoms. The minimum absolute atomic E-state index is 0.279. The van der Waals surface area contributed by atoms with Crippen LogP contribution in [0.3, 0.4) is 0 Å². The van der Waals surface area contributed by atoms with Crippen LogP contribution >= 0.6 is 0 Å². The number of fused-ring (bicyclic) bond motifs is 1. The summed E-state index contributed by atoms with van der Waals surface area (Å²) < 4.78 is 12.0. The van der Waals surface area contributed by atoms with Crippen molar-refractivity contribution in [2.75, 3.05) is 13.2 Å². The first-order chi connectivity index (χ1) is 6.42. The lowest BCUT2D eigenvalue weighted by Gasteiger charge is -2.11. The van der Waals surface area contributed by atoms with E-state index in [1.807, 2.05) is 6.07 Å². The average Bonchev–Trinajstić information content (AvgIpc) is 2.58. The Hall–Kier alpha value is -0.890. The van der Waals surface area contributed by atoms with Crippen LogP contribution in [0.4, 0.5) is 4.39 Å². The van der Waals surface area contributed by atoms with Crippen LogP contribution in [0.2, 0.25) is 0 Å². The summed E-state index contributed by atoms with van der Waals surface area (Å²) >= 11 is 0. The number of nitrogens with one attached hydrogen (secondary N) is 1. The van der Waals surface area contributed by atoms with Crippen LogP contribution in [0.15, 0.2) is 24.3 Å². The highest BCUT2D eigenvalue weighted by Gasteiger charge is 2.20. The van der Waals surface area contributed by atoms with Crippen molar-refractivity contribution in [2.45, 2.75) is 18.9 Å². The second-order valence-electron chi connectivity index (χ2n) is 3.43. The van der Waals surface area contributed by atoms with E-state index in [2.05, 4.69) is 23.5 Å². The minimum atomic E-state index is -0.279. The zero-order chi connectivity index (χ0) is 9.10. The van der Waals surface area contributed by atoms with E-state index in [1.165, 1.54) is 11.1 Å². The van der Waals surface area contributed by atoms with Crippen LogP contribution in [0.1, 0.15) is 23.6 Å². The maximum absolute atomic E-state index is 12.0. The Labute approximate surface area is 78.0 Å². The van der Waals surface area contributed by atoms with E-state index in [9.17, 15) is 4.39 Å². The lowest BCUT2D eigenvalue weighted by molar-refractivity contribution is 0.433. The van der Waals surface area contributed by atoms with Crippen molar-refractivity contribution in [3.63, 3.8) is 0 Å². The fourth-order valence-electron chi connectivity index (χ4n) is 2.00. The van der Waals surface area contributed by atoms with Crippen LogP contribution in [-0.4, -0.2) is 13.2 Å². The predicted octanol–water partition coefficient (Wildman–Crippen LogP) is 2.23. The highest BCUT2D eigenvalue weighted by Crippen LogP contribution is 2.30. The summed E-state index contributed by atoms with van der Waals surface area (Å²) in [5, 5.41) is 3.21. The van der Waals surface area contributed by atoms with Crippen LogP contribution in [0.5, 0.6) is 0 Å². The van der Waals surface area contributed by atoms with Gasteiger partial charge in [0, 0.05) is 12.6 Å². The molecule has 0 radical (unpaired) electrons. The SMILES string of the molecule is FCCNC1CCc2ccccc21. The average molecular weight is 179 g/mol. The molecule has 2 heteroatoms. The zero-order valence-electron chi connectivity index (χ0n) is 7.59. The third-order valence-electron chi connectivity index (χ3n) is 2.62. The minimum Gasteiger partial charge on any atom is -0.307 e. The maximum atomic E-state index is 12.0. The lowest BCUT2D eigenvalue weighted by atomic mass is 10.1. The summed E-state index contributed by atoms with van der Waals surface area (Å²) in [6.07, 6.45) is 2.24. The summed E-state index contributed by atoms with van der Waals surface area (Å²) in [6, 6.07) is 8.79. The van der Waals surface area contributed by atoms with Crippen molar-refractivity contribution >= 4 is 0 Å². The van der Waals surface area contributed by atoms with Gasteiger partial charge in [0.05, 0.1) is 0 Å². The molecule has 0 aromatic heterocycles. The number of rotatable bonds is 3. The third-order valence-corrected chi connectivity index (χ3v) is 2.62. The Morgan fingerprint density at radius 3 is 3.08 bits per heavy atom. The predicted molar refractivity (Wildman–Crippen MR) is 51.5 cm³/mol. The Bertz CT molecular complexity index is 285. The van der Waals surface area contributed by atoms with Gasteiger partial charge in [-0.15, -0.1) is 0 Å². The van der Waals surface area contributed by atoms with Gasteiger partial charge in [-0.2, -0.15) is 0 Å². The van der Waals surface area contributed by atoms with Gasteiger partial charge in [0.25, 0.3) is 0 Å². The number of alkyl halides is 1. The summed E-state index contributed by atoms with van der Waals surface area (Å²) in [6.45, 7) is 0.192. The molecule has 1 aliphatic rings. The first-order valence-electron chi connectivity index (χ1n) is 4.79. The van der Waals surface area contributed by atoms with Crippen molar-refractivity contribution < 1.29 is 4.39 Å². The van der Waals surface area contributed by atoms with E-state index in [4.69, 9.17) is 0 Å². The highest BCUT2D eigenvalue weighted by atomic mass is 19.1. The molecule has 1 aromatic rings. The normalized spacial score (nSPS) is 20.2. The fraction of sp³-hybridized carbons (Fsp3) is 0.455. The number of benzene rings is 1. The van der Waals surface area contributed by atoms with Gasteiger partial charge in [-0.25, -0.2) is 4.39 Å². The molecule has 0 saturated heterocycles. The summed E-state index contributed by atoms with van der Waals surface area (Å²) in [4.78, 5) is 0. The highest BCUT2D eigenvalue weighted by molar-refractivity contribution is 5.34. The summed E-state index contributed by atoms with van der Waals surface area (Å²) in [7, 11) is 0. The first-order valence-corrected chi connectivity index (χ1v) is 4.79. The molecule has 70 valence electrons. The van der Waals surface area contributed by atoms with Gasteiger partial charge in [0.1, 0.15) is 6.67 Å². The molecule has 13 heavy (non-hydrogen) atoms. The topological polar surface area (TPSA) is 12.0 Å². The molecule has 0 fully saturated rings. The number of hydrogen-bond acceptors (Lipinski definition) is 1. The van der Waals surface area contributed by atoms with Crippen molar-refractivity contribution in [1.82, 2.24) is 5.32 Å². The zero-order valence-corrected chi connectivity index (χ0v) is 7.59. The number of hydrogen-bond donors (Lipinski definition) is 1. The molecule has 0 aliphatic heterocycles. The quantitative estimate of drug-likeness (QED) is 0.750. The molecule has 1 N–H and O–H groups in total. The van der Waals surface area contributed by atoms with E-state index in [-0.39, 0.29) is 6.67 Å². The van der Waals surface area contributed by atoms with Gasteiger partial charge in [0.15, 0.2) is 0 Å². The van der Waals surface area contributed by atoms with Crippen LogP contribution in [0.25, 0.3) is 0 Å². The first kappa shape index (κ1) is 8.70. The molecule has 1 unspecified atom stereocenters. The molecule has 1 nitrogen and oxygen atoms in total. The van der Waals surface area contributed by atoms with Crippen molar-refractivity contribution in [2.24, 2.45) is 0 Å². The monoisotopic (exact) mass is 179 g/mol. The van der Waals surface area contributed by atoms with E-state index in [0.717, 1.165) is 12.8 Å². The molecule has 0 amide bonds. The van der Waals surface area contributed by atoms with Crippen molar-refractivity contribution in [1.29, 1.82) is 0 Å². The Kier molecular flexibility index (Phi) is 2.60. The van der Waals surface area contributed by atoms with Crippen LogP contribution < -0.4 is 5.32 Å². The van der Waals surface area contributed by atoms with Crippen molar-refractivity contribution in [3.8, 4) is 0 Å². The lowest BCUT2D eigenvalue weighted by Crippen LogP contribution is -2.21. The van der Waals surface area contributed by atoms with Crippen molar-refractivity contribution in [3.05, 3.63) is 35.4 Å². The van der Waals surface area contributed by atoms with Gasteiger partial charge in [-0.3, -0.25) is 0 Å². The molecule has 1 aliphatic carbocycles. The number of halogens is 1. The van der Waals surface area contributed by atoms with Crippen LogP contribution in [0, 0.1) is 0 Å². The summed E-state index contributed by atoms with van der Waals surface area (Å²) in [5.74, 6) is 0. The number of aryl methyl sites for hydroxylation is 1. The standard InChI is InChI=1S/C11H14FN/c12-7-8-13-11-6-5-9-3-1-2-4-10(9)11/h1-4,11,13H,5-8H2. The summed E-state index contributed by atoms with van der Waals surface area (Å²) in [5.41, 5.74) is 2.77.